The van der Waals surface area contributed by atoms with Crippen molar-refractivity contribution in [2.24, 2.45) is 0 Å². The SMILES string of the molecule is CSCC[C@@H](NS(=O)(=O)c1ccc(Cl)cc1)C(=O)OCC(=O)Nc1cccc(C(C)=O)c1. The van der Waals surface area contributed by atoms with Crippen LogP contribution in [0.15, 0.2) is 53.4 Å². The molecule has 0 aromatic heterocycles. The first-order chi connectivity index (χ1) is 15.1. The zero-order valence-corrected chi connectivity index (χ0v) is 19.9. The zero-order chi connectivity index (χ0) is 23.7. The van der Waals surface area contributed by atoms with Gasteiger partial charge >= 0.3 is 5.97 Å². The summed E-state index contributed by atoms with van der Waals surface area (Å²) in [5, 5.41) is 2.91. The van der Waals surface area contributed by atoms with Crippen molar-refractivity contribution in [3.63, 3.8) is 0 Å². The van der Waals surface area contributed by atoms with Crippen LogP contribution < -0.4 is 10.0 Å². The quantitative estimate of drug-likeness (QED) is 0.361. The number of ketones is 1. The molecule has 11 heteroatoms. The summed E-state index contributed by atoms with van der Waals surface area (Å²) in [6.07, 6.45) is 1.99. The van der Waals surface area contributed by atoms with E-state index >= 15 is 0 Å². The Bertz CT molecular complexity index is 1070. The van der Waals surface area contributed by atoms with Gasteiger partial charge in [-0.15, -0.1) is 0 Å². The molecule has 0 spiro atoms. The molecule has 0 heterocycles. The third-order valence-electron chi connectivity index (χ3n) is 4.21. The number of Topliss-reactive ketones (excluding diaryl/α,β-unsaturated/α-hetero) is 1. The number of benzene rings is 2. The van der Waals surface area contributed by atoms with E-state index in [4.69, 9.17) is 16.3 Å². The second kappa shape index (κ2) is 12.0. The normalized spacial score (nSPS) is 12.1. The lowest BCUT2D eigenvalue weighted by molar-refractivity contribution is -0.149. The van der Waals surface area contributed by atoms with Crippen molar-refractivity contribution < 1.29 is 27.5 Å². The highest BCUT2D eigenvalue weighted by molar-refractivity contribution is 7.98. The van der Waals surface area contributed by atoms with E-state index in [0.29, 0.717) is 22.0 Å². The van der Waals surface area contributed by atoms with Crippen LogP contribution in [0.1, 0.15) is 23.7 Å². The first-order valence-electron chi connectivity index (χ1n) is 9.46. The van der Waals surface area contributed by atoms with E-state index in [1.807, 2.05) is 6.26 Å². The van der Waals surface area contributed by atoms with Crippen molar-refractivity contribution >= 4 is 56.7 Å². The molecule has 2 rings (SSSR count). The third kappa shape index (κ3) is 7.94. The van der Waals surface area contributed by atoms with E-state index < -0.39 is 34.5 Å². The maximum absolute atomic E-state index is 12.6. The summed E-state index contributed by atoms with van der Waals surface area (Å²) in [7, 11) is -4.00. The molecule has 0 fully saturated rings. The Morgan fingerprint density at radius 3 is 2.44 bits per heavy atom. The van der Waals surface area contributed by atoms with E-state index in [0.717, 1.165) is 0 Å². The minimum atomic E-state index is -4.00. The first-order valence-corrected chi connectivity index (χ1v) is 12.7. The van der Waals surface area contributed by atoms with Crippen LogP contribution in [0.25, 0.3) is 0 Å². The van der Waals surface area contributed by atoms with Gasteiger partial charge in [-0.1, -0.05) is 23.7 Å². The van der Waals surface area contributed by atoms with Crippen molar-refractivity contribution in [3.8, 4) is 0 Å². The summed E-state index contributed by atoms with van der Waals surface area (Å²) < 4.78 is 32.6. The molecule has 0 saturated carbocycles. The molecular formula is C21H23ClN2O6S2. The Kier molecular flexibility index (Phi) is 9.70. The van der Waals surface area contributed by atoms with E-state index in [2.05, 4.69) is 10.0 Å². The number of nitrogens with one attached hydrogen (secondary N) is 2. The van der Waals surface area contributed by atoms with Gasteiger partial charge in [0.05, 0.1) is 4.90 Å². The van der Waals surface area contributed by atoms with Crippen LogP contribution in [0.5, 0.6) is 0 Å². The molecule has 172 valence electrons. The van der Waals surface area contributed by atoms with Crippen molar-refractivity contribution in [1.29, 1.82) is 0 Å². The number of sulfonamides is 1. The average Bonchev–Trinajstić information content (AvgIpc) is 2.75. The lowest BCUT2D eigenvalue weighted by atomic mass is 10.1. The topological polar surface area (TPSA) is 119 Å². The summed E-state index contributed by atoms with van der Waals surface area (Å²) >= 11 is 7.23. The number of halogens is 1. The highest BCUT2D eigenvalue weighted by Gasteiger charge is 2.27. The number of carbonyl (C=O) groups excluding carboxylic acids is 3. The number of ether oxygens (including phenoxy) is 1. The van der Waals surface area contributed by atoms with E-state index in [-0.39, 0.29) is 17.1 Å². The van der Waals surface area contributed by atoms with Gasteiger partial charge in [0.15, 0.2) is 12.4 Å². The standard InChI is InChI=1S/C21H23ClN2O6S2/c1-14(25)15-4-3-5-17(12-15)23-20(26)13-30-21(27)19(10-11-31-2)24-32(28,29)18-8-6-16(22)7-9-18/h3-9,12,19,24H,10-11,13H2,1-2H3,(H,23,26)/t19-/m1/s1. The smallest absolute Gasteiger partial charge is 0.324 e. The van der Waals surface area contributed by atoms with Crippen LogP contribution in [0.3, 0.4) is 0 Å². The van der Waals surface area contributed by atoms with E-state index in [1.54, 1.807) is 18.2 Å². The second-order valence-electron chi connectivity index (χ2n) is 6.70. The predicted octanol–water partition coefficient (Wildman–Crippen LogP) is 3.12. The van der Waals surface area contributed by atoms with E-state index in [9.17, 15) is 22.8 Å². The van der Waals surface area contributed by atoms with Gasteiger partial charge in [-0.2, -0.15) is 16.5 Å². The van der Waals surface area contributed by atoms with Gasteiger partial charge in [-0.05, 0) is 61.8 Å². The summed E-state index contributed by atoms with van der Waals surface area (Å²) in [5.74, 6) is -1.16. The minimum absolute atomic E-state index is 0.0491. The lowest BCUT2D eigenvalue weighted by Crippen LogP contribution is -2.43. The Labute approximate surface area is 196 Å². The van der Waals surface area contributed by atoms with Gasteiger partial charge in [0.1, 0.15) is 6.04 Å². The van der Waals surface area contributed by atoms with Crippen LogP contribution in [0.4, 0.5) is 5.69 Å². The molecule has 2 aromatic rings. The predicted molar refractivity (Wildman–Crippen MR) is 125 cm³/mol. The Balaban J connectivity index is 2.01. The monoisotopic (exact) mass is 498 g/mol. The molecule has 0 saturated heterocycles. The maximum atomic E-state index is 12.6. The fourth-order valence-electron chi connectivity index (χ4n) is 2.58. The lowest BCUT2D eigenvalue weighted by Gasteiger charge is -2.17. The molecule has 1 atom stereocenters. The highest BCUT2D eigenvalue weighted by Crippen LogP contribution is 2.16. The van der Waals surface area contributed by atoms with Crippen molar-refractivity contribution in [2.75, 3.05) is 23.9 Å². The summed E-state index contributed by atoms with van der Waals surface area (Å²) in [6.45, 7) is 0.796. The van der Waals surface area contributed by atoms with Gasteiger partial charge in [-0.3, -0.25) is 14.4 Å². The Hall–Kier alpha value is -2.40. The maximum Gasteiger partial charge on any atom is 0.324 e. The summed E-state index contributed by atoms with van der Waals surface area (Å²) in [6, 6.07) is 10.7. The van der Waals surface area contributed by atoms with Crippen LogP contribution in [0, 0.1) is 0 Å². The number of thioether (sulfide) groups is 1. The number of carbonyl (C=O) groups is 3. The number of hydrogen-bond acceptors (Lipinski definition) is 7. The van der Waals surface area contributed by atoms with Crippen molar-refractivity contribution in [2.45, 2.75) is 24.3 Å². The molecule has 8 nitrogen and oxygen atoms in total. The van der Waals surface area contributed by atoms with Crippen LogP contribution >= 0.6 is 23.4 Å². The molecule has 32 heavy (non-hydrogen) atoms. The molecule has 0 aliphatic rings. The van der Waals surface area contributed by atoms with Crippen molar-refractivity contribution in [3.05, 3.63) is 59.1 Å². The molecule has 2 aromatic carbocycles. The fourth-order valence-corrected chi connectivity index (χ4v) is 4.40. The zero-order valence-electron chi connectivity index (χ0n) is 17.5. The molecular weight excluding hydrogens is 476 g/mol. The van der Waals surface area contributed by atoms with Crippen LogP contribution in [-0.4, -0.2) is 50.7 Å². The summed E-state index contributed by atoms with van der Waals surface area (Å²) in [5.41, 5.74) is 0.801. The molecule has 0 aliphatic heterocycles. The van der Waals surface area contributed by atoms with Gasteiger partial charge < -0.3 is 10.1 Å². The number of hydrogen-bond donors (Lipinski definition) is 2. The van der Waals surface area contributed by atoms with Crippen LogP contribution in [-0.2, 0) is 24.3 Å². The molecule has 0 radical (unpaired) electrons. The van der Waals surface area contributed by atoms with Gasteiger partial charge in [0.2, 0.25) is 10.0 Å². The van der Waals surface area contributed by atoms with Gasteiger partial charge in [0, 0.05) is 16.3 Å². The van der Waals surface area contributed by atoms with Gasteiger partial charge in [0.25, 0.3) is 5.91 Å². The molecule has 0 bridgehead atoms. The number of anilines is 1. The van der Waals surface area contributed by atoms with Gasteiger partial charge in [-0.25, -0.2) is 8.42 Å². The molecule has 0 unspecified atom stereocenters. The Morgan fingerprint density at radius 1 is 1.12 bits per heavy atom. The Morgan fingerprint density at radius 2 is 1.81 bits per heavy atom. The third-order valence-corrected chi connectivity index (χ3v) is 6.60. The highest BCUT2D eigenvalue weighted by atomic mass is 35.5. The number of rotatable bonds is 11. The number of esters is 1. The summed E-state index contributed by atoms with van der Waals surface area (Å²) in [4.78, 5) is 36.1. The molecule has 0 aliphatic carbocycles. The van der Waals surface area contributed by atoms with Crippen LogP contribution in [0.2, 0.25) is 5.02 Å². The fraction of sp³-hybridized carbons (Fsp3) is 0.286. The average molecular weight is 499 g/mol. The van der Waals surface area contributed by atoms with Crippen molar-refractivity contribution in [1.82, 2.24) is 4.72 Å². The second-order valence-corrected chi connectivity index (χ2v) is 9.84. The largest absolute Gasteiger partial charge is 0.454 e. The van der Waals surface area contributed by atoms with E-state index in [1.165, 1.54) is 49.0 Å². The molecule has 2 N–H and O–H groups in total. The molecule has 1 amide bonds. The number of amides is 1. The first kappa shape index (κ1) is 25.9. The minimum Gasteiger partial charge on any atom is -0.454 e.